The fraction of sp³-hybridized carbons (Fsp3) is 0.938. The number of ether oxygens (including phenoxy) is 1. The molecule has 1 aliphatic heterocycles. The fourth-order valence-corrected chi connectivity index (χ4v) is 3.61. The Kier molecular flexibility index (Phi) is 6.02. The summed E-state index contributed by atoms with van der Waals surface area (Å²) >= 11 is 0. The highest BCUT2D eigenvalue weighted by Gasteiger charge is 2.55. The Morgan fingerprint density at radius 2 is 2.10 bits per heavy atom. The van der Waals surface area contributed by atoms with Gasteiger partial charge in [-0.05, 0) is 39.3 Å². The molecule has 1 aliphatic carbocycles. The zero-order valence-corrected chi connectivity index (χ0v) is 13.4. The summed E-state index contributed by atoms with van der Waals surface area (Å²) in [6.45, 7) is 7.85. The lowest BCUT2D eigenvalue weighted by Gasteiger charge is -2.56. The third-order valence-corrected chi connectivity index (χ3v) is 5.12. The van der Waals surface area contributed by atoms with Crippen molar-refractivity contribution in [2.75, 3.05) is 32.8 Å². The van der Waals surface area contributed by atoms with Gasteiger partial charge in [0.1, 0.15) is 0 Å². The number of unbranched alkanes of at least 4 members (excludes halogenated alkanes) is 1. The molecule has 0 aromatic rings. The maximum atomic E-state index is 11.8. The van der Waals surface area contributed by atoms with Crippen LogP contribution in [0.4, 0.5) is 0 Å². The van der Waals surface area contributed by atoms with E-state index in [1.165, 1.54) is 0 Å². The van der Waals surface area contributed by atoms with Gasteiger partial charge < -0.3 is 15.2 Å². The molecule has 122 valence electrons. The predicted molar refractivity (Wildman–Crippen MR) is 82.1 cm³/mol. The summed E-state index contributed by atoms with van der Waals surface area (Å²) in [5.74, 6) is 0.120. The minimum absolute atomic E-state index is 0.0504. The van der Waals surface area contributed by atoms with Crippen molar-refractivity contribution in [1.29, 1.82) is 0 Å². The van der Waals surface area contributed by atoms with Gasteiger partial charge in [-0.15, -0.1) is 0 Å². The number of hydrogen-bond acceptors (Lipinski definition) is 4. The third kappa shape index (κ3) is 3.76. The van der Waals surface area contributed by atoms with Crippen LogP contribution in [-0.2, 0) is 9.53 Å². The number of nitrogens with one attached hydrogen (secondary N) is 1. The van der Waals surface area contributed by atoms with Crippen molar-refractivity contribution in [3.63, 3.8) is 0 Å². The normalized spacial score (nSPS) is 28.3. The summed E-state index contributed by atoms with van der Waals surface area (Å²) in [6.07, 6.45) is 4.75. The van der Waals surface area contributed by atoms with E-state index in [4.69, 9.17) is 4.74 Å². The molecule has 2 atom stereocenters. The number of amides is 1. The molecule has 0 radical (unpaired) electrons. The molecule has 0 aromatic carbocycles. The molecule has 0 aromatic heterocycles. The fourth-order valence-electron chi connectivity index (χ4n) is 3.61. The van der Waals surface area contributed by atoms with Crippen molar-refractivity contribution in [3.8, 4) is 0 Å². The van der Waals surface area contributed by atoms with E-state index in [1.54, 1.807) is 0 Å². The van der Waals surface area contributed by atoms with Gasteiger partial charge in [0.15, 0.2) is 0 Å². The number of likely N-dealkylation sites (tertiary alicyclic amines) is 1. The summed E-state index contributed by atoms with van der Waals surface area (Å²) in [4.78, 5) is 14.0. The highest BCUT2D eigenvalue weighted by atomic mass is 16.5. The van der Waals surface area contributed by atoms with Gasteiger partial charge in [0.25, 0.3) is 0 Å². The molecule has 1 amide bonds. The molecule has 5 nitrogen and oxygen atoms in total. The number of aliphatic hydroxyl groups excluding tert-OH is 1. The summed E-state index contributed by atoms with van der Waals surface area (Å²) < 4.78 is 5.77. The molecule has 2 unspecified atom stereocenters. The van der Waals surface area contributed by atoms with Crippen LogP contribution in [0.25, 0.3) is 0 Å². The lowest BCUT2D eigenvalue weighted by Crippen LogP contribution is -2.62. The zero-order chi connectivity index (χ0) is 15.3. The number of nitrogens with zero attached hydrogens (tertiary/aromatic N) is 1. The van der Waals surface area contributed by atoms with E-state index in [0.29, 0.717) is 13.2 Å². The molecular weight excluding hydrogens is 268 g/mol. The highest BCUT2D eigenvalue weighted by molar-refractivity contribution is 5.77. The average molecular weight is 298 g/mol. The van der Waals surface area contributed by atoms with E-state index in [9.17, 15) is 9.90 Å². The first-order valence-corrected chi connectivity index (χ1v) is 8.41. The first kappa shape index (κ1) is 16.7. The molecule has 2 aliphatic rings. The Morgan fingerprint density at radius 1 is 1.38 bits per heavy atom. The van der Waals surface area contributed by atoms with Crippen molar-refractivity contribution in [2.45, 2.75) is 58.2 Å². The van der Waals surface area contributed by atoms with Gasteiger partial charge in [-0.1, -0.05) is 13.3 Å². The number of aliphatic hydroxyl groups is 1. The molecule has 1 heterocycles. The Labute approximate surface area is 128 Å². The van der Waals surface area contributed by atoms with Crippen molar-refractivity contribution in [2.24, 2.45) is 5.41 Å². The molecule has 1 saturated heterocycles. The van der Waals surface area contributed by atoms with Gasteiger partial charge in [-0.2, -0.15) is 0 Å². The molecule has 0 bridgehead atoms. The van der Waals surface area contributed by atoms with E-state index >= 15 is 0 Å². The minimum Gasteiger partial charge on any atom is -0.392 e. The van der Waals surface area contributed by atoms with Crippen LogP contribution in [0.5, 0.6) is 0 Å². The smallest absolute Gasteiger partial charge is 0.234 e. The first-order chi connectivity index (χ1) is 10.1. The highest BCUT2D eigenvalue weighted by Crippen LogP contribution is 2.50. The van der Waals surface area contributed by atoms with Crippen molar-refractivity contribution in [3.05, 3.63) is 0 Å². The second-order valence-electron chi connectivity index (χ2n) is 6.41. The Morgan fingerprint density at radius 3 is 2.67 bits per heavy atom. The van der Waals surface area contributed by atoms with E-state index in [1.807, 2.05) is 6.92 Å². The first-order valence-electron chi connectivity index (χ1n) is 8.41. The molecule has 1 spiro atoms. The van der Waals surface area contributed by atoms with Crippen molar-refractivity contribution in [1.82, 2.24) is 10.2 Å². The Balaban J connectivity index is 1.74. The monoisotopic (exact) mass is 298 g/mol. The summed E-state index contributed by atoms with van der Waals surface area (Å²) in [5.41, 5.74) is -0.0504. The SMILES string of the molecule is CCCCNC(=O)CN1CCC2(CC1)C(O)CC2OCC. The standard InChI is InChI=1S/C16H30N2O3/c1-3-5-8-17-15(20)12-18-9-6-16(7-10-18)13(19)11-14(16)21-4-2/h13-14,19H,3-12H2,1-2H3,(H,17,20). The van der Waals surface area contributed by atoms with Gasteiger partial charge in [-0.25, -0.2) is 0 Å². The van der Waals surface area contributed by atoms with Crippen LogP contribution in [0.15, 0.2) is 0 Å². The van der Waals surface area contributed by atoms with Crippen LogP contribution in [-0.4, -0.2) is 60.9 Å². The predicted octanol–water partition coefficient (Wildman–Crippen LogP) is 1.15. The molecule has 21 heavy (non-hydrogen) atoms. The molecule has 2 N–H and O–H groups in total. The lowest BCUT2D eigenvalue weighted by molar-refractivity contribution is -0.209. The Hall–Kier alpha value is -0.650. The van der Waals surface area contributed by atoms with Crippen LogP contribution in [0, 0.1) is 5.41 Å². The third-order valence-electron chi connectivity index (χ3n) is 5.12. The van der Waals surface area contributed by atoms with Gasteiger partial charge in [-0.3, -0.25) is 9.69 Å². The van der Waals surface area contributed by atoms with Gasteiger partial charge >= 0.3 is 0 Å². The van der Waals surface area contributed by atoms with E-state index < -0.39 is 0 Å². The van der Waals surface area contributed by atoms with Crippen LogP contribution in [0.1, 0.15) is 46.0 Å². The minimum atomic E-state index is -0.227. The molecule has 2 fully saturated rings. The van der Waals surface area contributed by atoms with E-state index in [0.717, 1.165) is 51.7 Å². The Bertz CT molecular complexity index is 338. The molecular formula is C16H30N2O3. The maximum Gasteiger partial charge on any atom is 0.234 e. The maximum absolute atomic E-state index is 11.8. The van der Waals surface area contributed by atoms with Crippen LogP contribution >= 0.6 is 0 Å². The van der Waals surface area contributed by atoms with Crippen molar-refractivity contribution < 1.29 is 14.6 Å². The number of carbonyl (C=O) groups excluding carboxylic acids is 1. The van der Waals surface area contributed by atoms with E-state index in [2.05, 4.69) is 17.1 Å². The van der Waals surface area contributed by atoms with Gasteiger partial charge in [0.2, 0.25) is 5.91 Å². The quantitative estimate of drug-likeness (QED) is 0.692. The zero-order valence-electron chi connectivity index (χ0n) is 13.4. The summed E-state index contributed by atoms with van der Waals surface area (Å²) in [6, 6.07) is 0. The number of carbonyl (C=O) groups is 1. The number of rotatable bonds is 7. The molecule has 1 saturated carbocycles. The topological polar surface area (TPSA) is 61.8 Å². The summed E-state index contributed by atoms with van der Waals surface area (Å²) in [5, 5.41) is 13.1. The number of piperidine rings is 1. The van der Waals surface area contributed by atoms with Crippen LogP contribution in [0.3, 0.4) is 0 Å². The summed E-state index contributed by atoms with van der Waals surface area (Å²) in [7, 11) is 0. The average Bonchev–Trinajstić information content (AvgIpc) is 2.48. The second kappa shape index (κ2) is 7.56. The van der Waals surface area contributed by atoms with E-state index in [-0.39, 0.29) is 23.5 Å². The number of hydrogen-bond donors (Lipinski definition) is 2. The lowest BCUT2D eigenvalue weighted by atomic mass is 9.58. The van der Waals surface area contributed by atoms with Crippen LogP contribution in [0.2, 0.25) is 0 Å². The van der Waals surface area contributed by atoms with Crippen LogP contribution < -0.4 is 5.32 Å². The largest absolute Gasteiger partial charge is 0.392 e. The molecule has 5 heteroatoms. The second-order valence-corrected chi connectivity index (χ2v) is 6.41. The molecule has 2 rings (SSSR count). The van der Waals surface area contributed by atoms with Gasteiger partial charge in [0, 0.05) is 25.0 Å². The van der Waals surface area contributed by atoms with Gasteiger partial charge in [0.05, 0.1) is 18.8 Å². The van der Waals surface area contributed by atoms with Crippen molar-refractivity contribution >= 4 is 5.91 Å².